The van der Waals surface area contributed by atoms with Gasteiger partial charge in [0.25, 0.3) is 0 Å². The molecule has 0 spiro atoms. The summed E-state index contributed by atoms with van der Waals surface area (Å²) in [6.07, 6.45) is 0.907. The minimum absolute atomic E-state index is 0.585. The van der Waals surface area contributed by atoms with Crippen LogP contribution in [0.3, 0.4) is 0 Å². The molecule has 0 aromatic carbocycles. The van der Waals surface area contributed by atoms with Crippen LogP contribution in [-0.4, -0.2) is 46.5 Å². The summed E-state index contributed by atoms with van der Waals surface area (Å²) >= 11 is 0. The number of nitrogens with two attached hydrogens (primary N) is 1. The second-order valence-electron chi connectivity index (χ2n) is 2.60. The molecule has 0 saturated heterocycles. The van der Waals surface area contributed by atoms with Crippen molar-refractivity contribution in [1.82, 2.24) is 10.7 Å². The average molecular weight is 204 g/mol. The quantitative estimate of drug-likeness (QED) is 0.164. The molecule has 0 radical (unpaired) electrons. The maximum atomic E-state index is 5.27. The van der Waals surface area contributed by atoms with Gasteiger partial charge in [-0.15, -0.1) is 0 Å². The van der Waals surface area contributed by atoms with E-state index in [-0.39, 0.29) is 0 Å². The van der Waals surface area contributed by atoms with E-state index in [0.29, 0.717) is 25.8 Å². The highest BCUT2D eigenvalue weighted by Crippen LogP contribution is 1.81. The molecule has 0 rings (SSSR count). The maximum absolute atomic E-state index is 5.27. The number of hydrazine groups is 1. The van der Waals surface area contributed by atoms with Gasteiger partial charge in [-0.25, -0.2) is 5.84 Å². The van der Waals surface area contributed by atoms with Gasteiger partial charge in [0, 0.05) is 27.3 Å². The third kappa shape index (κ3) is 7.78. The molecule has 0 amide bonds. The number of nitrogens with one attached hydrogen (secondary N) is 2. The molecule has 0 saturated carbocycles. The van der Waals surface area contributed by atoms with Crippen molar-refractivity contribution in [3.05, 3.63) is 0 Å². The van der Waals surface area contributed by atoms with Crippen LogP contribution in [0.2, 0.25) is 0 Å². The second-order valence-corrected chi connectivity index (χ2v) is 2.60. The minimum atomic E-state index is 0.585. The van der Waals surface area contributed by atoms with Crippen LogP contribution in [0.15, 0.2) is 4.99 Å². The molecular weight excluding hydrogens is 184 g/mol. The molecule has 4 N–H and O–H groups in total. The van der Waals surface area contributed by atoms with Crippen molar-refractivity contribution >= 4 is 5.96 Å². The molecule has 84 valence electrons. The van der Waals surface area contributed by atoms with E-state index in [0.717, 1.165) is 13.0 Å². The van der Waals surface area contributed by atoms with E-state index in [1.165, 1.54) is 0 Å². The lowest BCUT2D eigenvalue weighted by Crippen LogP contribution is -2.41. The predicted octanol–water partition coefficient (Wildman–Crippen LogP) is -0.922. The van der Waals surface area contributed by atoms with Gasteiger partial charge in [0.05, 0.1) is 13.2 Å². The molecule has 0 aliphatic heterocycles. The Morgan fingerprint density at radius 2 is 2.14 bits per heavy atom. The van der Waals surface area contributed by atoms with E-state index in [9.17, 15) is 0 Å². The highest BCUT2D eigenvalue weighted by atomic mass is 16.5. The van der Waals surface area contributed by atoms with E-state index >= 15 is 0 Å². The fourth-order valence-electron chi connectivity index (χ4n) is 0.820. The molecule has 0 fully saturated rings. The molecule has 0 atom stereocenters. The molecule has 6 nitrogen and oxygen atoms in total. The number of aliphatic imine (C=N–C) groups is 1. The van der Waals surface area contributed by atoms with E-state index < -0.39 is 0 Å². The van der Waals surface area contributed by atoms with Crippen molar-refractivity contribution in [2.75, 3.05) is 40.5 Å². The first-order valence-corrected chi connectivity index (χ1v) is 4.59. The number of nitrogens with zero attached hydrogens (tertiary/aromatic N) is 1. The third-order valence-electron chi connectivity index (χ3n) is 1.55. The Bertz CT molecular complexity index is 152. The lowest BCUT2D eigenvalue weighted by molar-refractivity contribution is 0.0698. The topological polar surface area (TPSA) is 80.9 Å². The van der Waals surface area contributed by atoms with E-state index in [1.807, 2.05) is 0 Å². The van der Waals surface area contributed by atoms with E-state index in [1.54, 1.807) is 14.2 Å². The summed E-state index contributed by atoms with van der Waals surface area (Å²) in [5.41, 5.74) is 2.44. The van der Waals surface area contributed by atoms with Crippen LogP contribution in [0, 0.1) is 0 Å². The van der Waals surface area contributed by atoms with Crippen molar-refractivity contribution in [1.29, 1.82) is 0 Å². The molecular formula is C8H20N4O2. The molecule has 0 aliphatic carbocycles. The zero-order valence-corrected chi connectivity index (χ0v) is 8.88. The highest BCUT2D eigenvalue weighted by Gasteiger charge is 1.92. The van der Waals surface area contributed by atoms with Gasteiger partial charge in [-0.1, -0.05) is 0 Å². The Morgan fingerprint density at radius 1 is 1.36 bits per heavy atom. The molecule has 0 aliphatic rings. The Morgan fingerprint density at radius 3 is 2.71 bits per heavy atom. The van der Waals surface area contributed by atoms with Crippen LogP contribution >= 0.6 is 0 Å². The molecule has 0 heterocycles. The second kappa shape index (κ2) is 10.2. The summed E-state index contributed by atoms with van der Waals surface area (Å²) in [5.74, 6) is 5.76. The van der Waals surface area contributed by atoms with Gasteiger partial charge in [-0.05, 0) is 6.42 Å². The summed E-state index contributed by atoms with van der Waals surface area (Å²) in [6.45, 7) is 2.77. The number of guanidine groups is 1. The standard InChI is InChI=1S/C8H20N4O2/c1-10-8(12-9)11-4-3-5-14-7-6-13-2/h3-7,9H2,1-2H3,(H2,10,11,12). The third-order valence-corrected chi connectivity index (χ3v) is 1.55. The van der Waals surface area contributed by atoms with Gasteiger partial charge in [-0.2, -0.15) is 0 Å². The summed E-state index contributed by atoms with van der Waals surface area (Å²) in [7, 11) is 3.32. The summed E-state index contributed by atoms with van der Waals surface area (Å²) in [6, 6.07) is 0. The Hall–Kier alpha value is -0.850. The van der Waals surface area contributed by atoms with Crippen LogP contribution < -0.4 is 16.6 Å². The lowest BCUT2D eigenvalue weighted by Gasteiger charge is -2.08. The van der Waals surface area contributed by atoms with Crippen LogP contribution in [0.5, 0.6) is 0 Å². The number of hydrogen-bond acceptors (Lipinski definition) is 4. The number of rotatable bonds is 7. The number of hydrogen-bond donors (Lipinski definition) is 3. The highest BCUT2D eigenvalue weighted by molar-refractivity contribution is 5.78. The van der Waals surface area contributed by atoms with Crippen LogP contribution in [0.4, 0.5) is 0 Å². The van der Waals surface area contributed by atoms with Crippen LogP contribution in [0.25, 0.3) is 0 Å². The zero-order chi connectivity index (χ0) is 10.6. The molecule has 0 unspecified atom stereocenters. The number of methoxy groups -OCH3 is 1. The van der Waals surface area contributed by atoms with Gasteiger partial charge in [-0.3, -0.25) is 10.4 Å². The molecule has 0 aromatic rings. The average Bonchev–Trinajstić information content (AvgIpc) is 2.22. The van der Waals surface area contributed by atoms with Crippen molar-refractivity contribution in [2.45, 2.75) is 6.42 Å². The summed E-state index contributed by atoms with van der Waals surface area (Å²) < 4.78 is 10.1. The maximum Gasteiger partial charge on any atom is 0.205 e. The summed E-state index contributed by atoms with van der Waals surface area (Å²) in [4.78, 5) is 3.86. The van der Waals surface area contributed by atoms with Crippen molar-refractivity contribution in [3.8, 4) is 0 Å². The normalized spacial score (nSPS) is 11.5. The molecule has 0 aromatic heterocycles. The van der Waals surface area contributed by atoms with Crippen LogP contribution in [-0.2, 0) is 9.47 Å². The van der Waals surface area contributed by atoms with E-state index in [4.69, 9.17) is 15.3 Å². The smallest absolute Gasteiger partial charge is 0.205 e. The first kappa shape index (κ1) is 13.2. The van der Waals surface area contributed by atoms with E-state index in [2.05, 4.69) is 15.7 Å². The Kier molecular flexibility index (Phi) is 9.61. The van der Waals surface area contributed by atoms with Gasteiger partial charge in [0.1, 0.15) is 0 Å². The zero-order valence-electron chi connectivity index (χ0n) is 8.88. The fraction of sp³-hybridized carbons (Fsp3) is 0.875. The molecule has 14 heavy (non-hydrogen) atoms. The Balaban J connectivity index is 3.13. The van der Waals surface area contributed by atoms with Gasteiger partial charge >= 0.3 is 0 Å². The first-order valence-electron chi connectivity index (χ1n) is 4.59. The SMILES string of the molecule is CN=C(NN)NCCCOCCOC. The van der Waals surface area contributed by atoms with Crippen LogP contribution in [0.1, 0.15) is 6.42 Å². The monoisotopic (exact) mass is 204 g/mol. The molecule has 6 heteroatoms. The Labute approximate surface area is 84.8 Å². The predicted molar refractivity (Wildman–Crippen MR) is 56.0 cm³/mol. The van der Waals surface area contributed by atoms with Crippen molar-refractivity contribution in [2.24, 2.45) is 10.8 Å². The fourth-order valence-corrected chi connectivity index (χ4v) is 0.820. The summed E-state index contributed by atoms with van der Waals surface area (Å²) in [5, 5.41) is 3.01. The number of ether oxygens (including phenoxy) is 2. The van der Waals surface area contributed by atoms with Crippen molar-refractivity contribution < 1.29 is 9.47 Å². The largest absolute Gasteiger partial charge is 0.382 e. The van der Waals surface area contributed by atoms with Gasteiger partial charge in [0.2, 0.25) is 5.96 Å². The lowest BCUT2D eigenvalue weighted by atomic mass is 10.4. The van der Waals surface area contributed by atoms with Crippen molar-refractivity contribution in [3.63, 3.8) is 0 Å². The van der Waals surface area contributed by atoms with Gasteiger partial charge in [0.15, 0.2) is 0 Å². The minimum Gasteiger partial charge on any atom is -0.382 e. The van der Waals surface area contributed by atoms with Gasteiger partial charge < -0.3 is 14.8 Å². The molecule has 0 bridgehead atoms. The first-order chi connectivity index (χ1) is 6.85.